The highest BCUT2D eigenvalue weighted by atomic mass is 19.4. The van der Waals surface area contributed by atoms with Gasteiger partial charge in [0.15, 0.2) is 11.5 Å². The summed E-state index contributed by atoms with van der Waals surface area (Å²) in [5, 5.41) is 7.04. The molecule has 3 aromatic rings. The van der Waals surface area contributed by atoms with E-state index in [0.29, 0.717) is 44.1 Å². The number of benzene rings is 1. The maximum atomic E-state index is 14.2. The van der Waals surface area contributed by atoms with Gasteiger partial charge in [0, 0.05) is 32.2 Å². The molecular weight excluding hydrogens is 378 g/mol. The quantitative estimate of drug-likeness (QED) is 0.682. The molecule has 1 aromatic carbocycles. The third-order valence-corrected chi connectivity index (χ3v) is 4.38. The number of halogens is 6. The first kappa shape index (κ1) is 17.8. The third-order valence-electron chi connectivity index (χ3n) is 4.38. The van der Waals surface area contributed by atoms with Crippen molar-refractivity contribution in [1.29, 1.82) is 0 Å². The molecule has 0 atom stereocenters. The maximum absolute atomic E-state index is 14.2. The van der Waals surface area contributed by atoms with Crippen molar-refractivity contribution in [2.75, 3.05) is 31.1 Å². The number of rotatable bonds is 2. The number of hydrogen-bond donors (Lipinski definition) is 1. The first-order valence-corrected chi connectivity index (χ1v) is 7.94. The van der Waals surface area contributed by atoms with Gasteiger partial charge >= 0.3 is 12.1 Å². The summed E-state index contributed by atoms with van der Waals surface area (Å²) < 4.78 is 80.7. The van der Waals surface area contributed by atoms with E-state index in [2.05, 4.69) is 20.4 Å². The minimum atomic E-state index is -5.93. The number of nitrogens with one attached hydrogen (secondary N) is 1. The standard InChI is InChI=1S/C15H12F6N6/c16-9-6-10-11(5-8(9)14(17,18)15(19,20)21)27-12(23-7-24-27)13(25-10)26-3-1-22-2-4-26/h5-7,22H,1-4H2. The second-order valence-electron chi connectivity index (χ2n) is 6.06. The van der Waals surface area contributed by atoms with E-state index < -0.39 is 23.5 Å². The molecule has 0 radical (unpaired) electrons. The summed E-state index contributed by atoms with van der Waals surface area (Å²) >= 11 is 0. The number of aromatic nitrogens is 4. The number of piperazine rings is 1. The Balaban J connectivity index is 1.95. The van der Waals surface area contributed by atoms with Gasteiger partial charge < -0.3 is 10.2 Å². The van der Waals surface area contributed by atoms with Crippen LogP contribution in [0.3, 0.4) is 0 Å². The number of anilines is 1. The Morgan fingerprint density at radius 3 is 2.41 bits per heavy atom. The molecule has 1 aliphatic heterocycles. The van der Waals surface area contributed by atoms with Crippen LogP contribution < -0.4 is 10.2 Å². The van der Waals surface area contributed by atoms with Crippen molar-refractivity contribution in [3.05, 3.63) is 29.8 Å². The van der Waals surface area contributed by atoms with Gasteiger partial charge in [0.05, 0.1) is 16.6 Å². The number of alkyl halides is 5. The van der Waals surface area contributed by atoms with Gasteiger partial charge in [0.1, 0.15) is 12.1 Å². The molecule has 1 N–H and O–H groups in total. The second-order valence-corrected chi connectivity index (χ2v) is 6.06. The summed E-state index contributed by atoms with van der Waals surface area (Å²) in [5.41, 5.74) is -1.88. The molecule has 4 rings (SSSR count). The van der Waals surface area contributed by atoms with Crippen LogP contribution in [-0.2, 0) is 5.92 Å². The lowest BCUT2D eigenvalue weighted by Gasteiger charge is -2.28. The Kier molecular flexibility index (Phi) is 3.91. The molecule has 144 valence electrons. The molecule has 1 aliphatic rings. The summed E-state index contributed by atoms with van der Waals surface area (Å²) in [6.45, 7) is 2.50. The summed E-state index contributed by atoms with van der Waals surface area (Å²) in [5.74, 6) is -6.69. The van der Waals surface area contributed by atoms with Gasteiger partial charge in [0.25, 0.3) is 0 Å². The zero-order valence-electron chi connectivity index (χ0n) is 13.6. The molecule has 3 heterocycles. The largest absolute Gasteiger partial charge is 0.458 e. The molecule has 0 saturated carbocycles. The van der Waals surface area contributed by atoms with Crippen molar-refractivity contribution in [3.63, 3.8) is 0 Å². The molecule has 0 bridgehead atoms. The normalized spacial score (nSPS) is 16.4. The van der Waals surface area contributed by atoms with Gasteiger partial charge in [-0.3, -0.25) is 0 Å². The van der Waals surface area contributed by atoms with Crippen LogP contribution in [0.2, 0.25) is 0 Å². The van der Waals surface area contributed by atoms with Crippen LogP contribution in [0.5, 0.6) is 0 Å². The summed E-state index contributed by atoms with van der Waals surface area (Å²) in [4.78, 5) is 10.1. The van der Waals surface area contributed by atoms with Crippen molar-refractivity contribution >= 4 is 22.5 Å². The fourth-order valence-corrected chi connectivity index (χ4v) is 3.03. The highest BCUT2D eigenvalue weighted by Crippen LogP contribution is 2.45. The highest BCUT2D eigenvalue weighted by molar-refractivity contribution is 5.83. The molecule has 27 heavy (non-hydrogen) atoms. The van der Waals surface area contributed by atoms with Crippen molar-refractivity contribution in [1.82, 2.24) is 24.9 Å². The highest BCUT2D eigenvalue weighted by Gasteiger charge is 2.60. The second kappa shape index (κ2) is 5.94. The Bertz CT molecular complexity index is 1010. The first-order chi connectivity index (χ1) is 12.7. The van der Waals surface area contributed by atoms with Crippen molar-refractivity contribution < 1.29 is 26.3 Å². The molecule has 2 aromatic heterocycles. The van der Waals surface area contributed by atoms with E-state index in [1.807, 2.05) is 4.90 Å². The molecule has 0 unspecified atom stereocenters. The van der Waals surface area contributed by atoms with E-state index in [9.17, 15) is 26.3 Å². The zero-order chi connectivity index (χ0) is 19.4. The number of hydrogen-bond acceptors (Lipinski definition) is 5. The third kappa shape index (κ3) is 2.74. The summed E-state index contributed by atoms with van der Waals surface area (Å²) in [6, 6.07) is 0.992. The molecule has 0 spiro atoms. The Hall–Kier alpha value is -2.63. The van der Waals surface area contributed by atoms with Gasteiger partial charge in [-0.2, -0.15) is 27.1 Å². The van der Waals surface area contributed by atoms with Crippen LogP contribution >= 0.6 is 0 Å². The lowest BCUT2D eigenvalue weighted by atomic mass is 10.1. The minimum Gasteiger partial charge on any atom is -0.351 e. The van der Waals surface area contributed by atoms with Crippen LogP contribution in [0.15, 0.2) is 18.5 Å². The average molecular weight is 390 g/mol. The van der Waals surface area contributed by atoms with Crippen LogP contribution in [0.4, 0.5) is 32.2 Å². The average Bonchev–Trinajstić information content (AvgIpc) is 3.10. The monoisotopic (exact) mass is 390 g/mol. The molecule has 1 fully saturated rings. The smallest absolute Gasteiger partial charge is 0.351 e. The van der Waals surface area contributed by atoms with Crippen LogP contribution in [0, 0.1) is 5.82 Å². The number of fused-ring (bicyclic) bond motifs is 3. The molecule has 6 nitrogen and oxygen atoms in total. The minimum absolute atomic E-state index is 0.0965. The van der Waals surface area contributed by atoms with E-state index in [1.54, 1.807) is 0 Å². The Morgan fingerprint density at radius 1 is 1.04 bits per heavy atom. The SMILES string of the molecule is Fc1cc2nc(N3CCNCC3)c3ncnn3c2cc1C(F)(F)C(F)(F)F. The topological polar surface area (TPSA) is 58.4 Å². The van der Waals surface area contributed by atoms with Crippen molar-refractivity contribution in [2.45, 2.75) is 12.1 Å². The van der Waals surface area contributed by atoms with Crippen LogP contribution in [0.1, 0.15) is 5.56 Å². The zero-order valence-corrected chi connectivity index (χ0v) is 13.6. The Morgan fingerprint density at radius 2 is 1.74 bits per heavy atom. The fraction of sp³-hybridized carbons (Fsp3) is 0.400. The summed E-state index contributed by atoms with van der Waals surface area (Å²) in [6.07, 6.45) is -4.80. The van der Waals surface area contributed by atoms with Gasteiger partial charge in [-0.15, -0.1) is 0 Å². The van der Waals surface area contributed by atoms with Crippen LogP contribution in [-0.4, -0.2) is 51.9 Å². The molecule has 12 heteroatoms. The van der Waals surface area contributed by atoms with Gasteiger partial charge in [-0.1, -0.05) is 0 Å². The fourth-order valence-electron chi connectivity index (χ4n) is 3.03. The van der Waals surface area contributed by atoms with E-state index in [-0.39, 0.29) is 16.7 Å². The van der Waals surface area contributed by atoms with Gasteiger partial charge in [-0.25, -0.2) is 18.9 Å². The first-order valence-electron chi connectivity index (χ1n) is 7.94. The van der Waals surface area contributed by atoms with E-state index in [1.165, 1.54) is 0 Å². The predicted molar refractivity (Wildman–Crippen MR) is 83.3 cm³/mol. The molecule has 0 amide bonds. The van der Waals surface area contributed by atoms with Crippen LogP contribution in [0.25, 0.3) is 16.7 Å². The predicted octanol–water partition coefficient (Wildman–Crippen LogP) is 2.48. The molecule has 0 aliphatic carbocycles. The van der Waals surface area contributed by atoms with Crippen molar-refractivity contribution in [2.24, 2.45) is 0 Å². The number of nitrogens with zero attached hydrogens (tertiary/aromatic N) is 5. The van der Waals surface area contributed by atoms with E-state index >= 15 is 0 Å². The van der Waals surface area contributed by atoms with Crippen molar-refractivity contribution in [3.8, 4) is 0 Å². The van der Waals surface area contributed by atoms with E-state index in [4.69, 9.17) is 0 Å². The summed E-state index contributed by atoms with van der Waals surface area (Å²) in [7, 11) is 0. The van der Waals surface area contributed by atoms with Gasteiger partial charge in [0.2, 0.25) is 0 Å². The molecular formula is C15H12F6N6. The van der Waals surface area contributed by atoms with Gasteiger partial charge in [-0.05, 0) is 6.07 Å². The Labute approximate surface area is 147 Å². The lowest BCUT2D eigenvalue weighted by molar-refractivity contribution is -0.290. The van der Waals surface area contributed by atoms with E-state index in [0.717, 1.165) is 10.8 Å². The maximum Gasteiger partial charge on any atom is 0.458 e. The molecule has 1 saturated heterocycles. The lowest BCUT2D eigenvalue weighted by Crippen LogP contribution is -2.44.